The van der Waals surface area contributed by atoms with Gasteiger partial charge in [-0.15, -0.1) is 0 Å². The highest BCUT2D eigenvalue weighted by atomic mass is 35.5. The molecule has 2 heterocycles. The Morgan fingerprint density at radius 2 is 2.00 bits per heavy atom. The highest BCUT2D eigenvalue weighted by Crippen LogP contribution is 2.43. The third-order valence-corrected chi connectivity index (χ3v) is 3.80. The molecule has 1 aromatic carbocycles. The summed E-state index contributed by atoms with van der Waals surface area (Å²) in [5, 5.41) is 10.1. The van der Waals surface area contributed by atoms with Gasteiger partial charge in [0.1, 0.15) is 0 Å². The number of hydrogen-bond donors (Lipinski definition) is 0. The summed E-state index contributed by atoms with van der Waals surface area (Å²) in [6.07, 6.45) is 3.12. The number of anilines is 1. The number of aromatic nitrogens is 1. The van der Waals surface area contributed by atoms with Crippen LogP contribution in [0.4, 0.5) is 5.69 Å². The van der Waals surface area contributed by atoms with Gasteiger partial charge >= 0.3 is 0 Å². The van der Waals surface area contributed by atoms with Gasteiger partial charge in [0, 0.05) is 16.8 Å². The van der Waals surface area contributed by atoms with Crippen molar-refractivity contribution in [2.24, 2.45) is 0 Å². The molecule has 0 aliphatic carbocycles. The number of carbonyl (C=O) groups is 1. The number of carbonyl (C=O) groups excluding carboxylic acids is 1. The molecule has 4 nitrogen and oxygen atoms in total. The number of fused-ring (bicyclic) bond motifs is 1. The minimum atomic E-state index is -0.798. The van der Waals surface area contributed by atoms with Gasteiger partial charge in [0.2, 0.25) is 0 Å². The Balaban J connectivity index is 2.23. The number of halogens is 2. The lowest BCUT2D eigenvalue weighted by Gasteiger charge is -2.19. The molecule has 20 heavy (non-hydrogen) atoms. The Kier molecular flexibility index (Phi) is 3.09. The zero-order valence-electron chi connectivity index (χ0n) is 10.0. The minimum absolute atomic E-state index is 0.287. The largest absolute Gasteiger partial charge is 0.286 e. The molecule has 3 rings (SSSR count). The number of hydrogen-bond acceptors (Lipinski definition) is 3. The van der Waals surface area contributed by atoms with Crippen molar-refractivity contribution in [2.45, 2.75) is 6.04 Å². The molecule has 1 amide bonds. The SMILES string of the molecule is N#CC1c2c(Cl)ccc(Cl)c2C(=O)N1c1cccnc1. The van der Waals surface area contributed by atoms with Crippen molar-refractivity contribution in [1.82, 2.24) is 4.98 Å². The third-order valence-electron chi connectivity index (χ3n) is 3.15. The van der Waals surface area contributed by atoms with Crippen LogP contribution in [0.3, 0.4) is 0 Å². The molecule has 0 saturated carbocycles. The standard InChI is InChI=1S/C14H7Cl2N3O/c15-9-3-4-10(16)13-12(9)11(6-17)19(14(13)20)8-2-1-5-18-7-8/h1-5,7,11H. The quantitative estimate of drug-likeness (QED) is 0.808. The van der Waals surface area contributed by atoms with Crippen LogP contribution in [0.15, 0.2) is 36.7 Å². The highest BCUT2D eigenvalue weighted by Gasteiger charge is 2.41. The molecule has 0 radical (unpaired) electrons. The summed E-state index contributed by atoms with van der Waals surface area (Å²) < 4.78 is 0. The summed E-state index contributed by atoms with van der Waals surface area (Å²) in [7, 11) is 0. The van der Waals surface area contributed by atoms with Gasteiger partial charge in [-0.2, -0.15) is 5.26 Å². The first-order valence-corrected chi connectivity index (χ1v) is 6.52. The predicted octanol–water partition coefficient (Wildman–Crippen LogP) is 3.61. The topological polar surface area (TPSA) is 57.0 Å². The van der Waals surface area contributed by atoms with Crippen LogP contribution in [0.1, 0.15) is 22.0 Å². The first-order valence-electron chi connectivity index (χ1n) is 5.76. The summed E-state index contributed by atoms with van der Waals surface area (Å²) in [6.45, 7) is 0. The lowest BCUT2D eigenvalue weighted by Crippen LogP contribution is -2.27. The molecule has 0 spiro atoms. The van der Waals surface area contributed by atoms with E-state index < -0.39 is 6.04 Å². The summed E-state index contributed by atoms with van der Waals surface area (Å²) >= 11 is 12.2. The van der Waals surface area contributed by atoms with E-state index >= 15 is 0 Å². The van der Waals surface area contributed by atoms with E-state index in [1.807, 2.05) is 0 Å². The Hall–Kier alpha value is -2.09. The van der Waals surface area contributed by atoms with E-state index in [0.717, 1.165) is 0 Å². The number of benzene rings is 1. The summed E-state index contributed by atoms with van der Waals surface area (Å²) in [6, 6.07) is 7.86. The fraction of sp³-hybridized carbons (Fsp3) is 0.0714. The van der Waals surface area contributed by atoms with Crippen LogP contribution in [-0.2, 0) is 0 Å². The van der Waals surface area contributed by atoms with Crippen LogP contribution < -0.4 is 4.90 Å². The van der Waals surface area contributed by atoms with E-state index in [-0.39, 0.29) is 11.5 Å². The van der Waals surface area contributed by atoms with Crippen molar-refractivity contribution < 1.29 is 4.79 Å². The monoisotopic (exact) mass is 303 g/mol. The van der Waals surface area contributed by atoms with Crippen LogP contribution in [0.2, 0.25) is 10.0 Å². The van der Waals surface area contributed by atoms with Crippen molar-refractivity contribution in [3.63, 3.8) is 0 Å². The second-order valence-electron chi connectivity index (χ2n) is 4.24. The Labute approximate surface area is 125 Å². The molecule has 1 aromatic heterocycles. The smallest absolute Gasteiger partial charge is 0.261 e. The van der Waals surface area contributed by atoms with Gasteiger partial charge in [-0.05, 0) is 24.3 Å². The van der Waals surface area contributed by atoms with Gasteiger partial charge in [0.05, 0.1) is 28.5 Å². The molecule has 0 bridgehead atoms. The molecule has 98 valence electrons. The van der Waals surface area contributed by atoms with Gasteiger partial charge in [0.15, 0.2) is 6.04 Å². The van der Waals surface area contributed by atoms with Crippen molar-refractivity contribution >= 4 is 34.8 Å². The van der Waals surface area contributed by atoms with Crippen molar-refractivity contribution in [3.8, 4) is 6.07 Å². The normalized spacial score (nSPS) is 16.9. The fourth-order valence-electron chi connectivity index (χ4n) is 2.30. The molecule has 1 atom stereocenters. The molecule has 2 aromatic rings. The molecule has 1 aliphatic rings. The van der Waals surface area contributed by atoms with Crippen molar-refractivity contribution in [3.05, 3.63) is 57.8 Å². The van der Waals surface area contributed by atoms with E-state index in [9.17, 15) is 10.1 Å². The maximum Gasteiger partial charge on any atom is 0.261 e. The average Bonchev–Trinajstić information content (AvgIpc) is 2.78. The first-order chi connectivity index (χ1) is 9.65. The zero-order chi connectivity index (χ0) is 14.3. The highest BCUT2D eigenvalue weighted by molar-refractivity contribution is 6.38. The Bertz CT molecular complexity index is 740. The molecule has 1 unspecified atom stereocenters. The van der Waals surface area contributed by atoms with E-state index in [0.29, 0.717) is 21.3 Å². The summed E-state index contributed by atoms with van der Waals surface area (Å²) in [5.41, 5.74) is 1.28. The van der Waals surface area contributed by atoms with Gasteiger partial charge < -0.3 is 0 Å². The van der Waals surface area contributed by atoms with Gasteiger partial charge in [-0.1, -0.05) is 23.2 Å². The molecular formula is C14H7Cl2N3O. The van der Waals surface area contributed by atoms with Crippen LogP contribution in [0.5, 0.6) is 0 Å². The maximum absolute atomic E-state index is 12.5. The molecule has 1 aliphatic heterocycles. The first kappa shape index (κ1) is 12.9. The summed E-state index contributed by atoms with van der Waals surface area (Å²) in [4.78, 5) is 17.9. The second-order valence-corrected chi connectivity index (χ2v) is 5.05. The van der Waals surface area contributed by atoms with E-state index in [2.05, 4.69) is 11.1 Å². The van der Waals surface area contributed by atoms with E-state index in [4.69, 9.17) is 23.2 Å². The zero-order valence-corrected chi connectivity index (χ0v) is 11.6. The lowest BCUT2D eigenvalue weighted by molar-refractivity contribution is 0.0994. The fourth-order valence-corrected chi connectivity index (χ4v) is 2.81. The number of pyridine rings is 1. The number of rotatable bonds is 1. The number of nitrogens with zero attached hydrogens (tertiary/aromatic N) is 3. The average molecular weight is 304 g/mol. The van der Waals surface area contributed by atoms with Crippen LogP contribution in [0.25, 0.3) is 0 Å². The molecular weight excluding hydrogens is 297 g/mol. The lowest BCUT2D eigenvalue weighted by atomic mass is 10.1. The van der Waals surface area contributed by atoms with Gasteiger partial charge in [0.25, 0.3) is 5.91 Å². The number of nitriles is 1. The van der Waals surface area contributed by atoms with E-state index in [1.165, 1.54) is 11.1 Å². The van der Waals surface area contributed by atoms with Gasteiger partial charge in [-0.25, -0.2) is 0 Å². The van der Waals surface area contributed by atoms with Crippen molar-refractivity contribution in [1.29, 1.82) is 5.26 Å². The van der Waals surface area contributed by atoms with Crippen molar-refractivity contribution in [2.75, 3.05) is 4.90 Å². The molecule has 0 N–H and O–H groups in total. The third kappa shape index (κ3) is 1.75. The van der Waals surface area contributed by atoms with Gasteiger partial charge in [-0.3, -0.25) is 14.7 Å². The van der Waals surface area contributed by atoms with E-state index in [1.54, 1.807) is 30.5 Å². The summed E-state index contributed by atoms with van der Waals surface area (Å²) in [5.74, 6) is -0.341. The van der Waals surface area contributed by atoms with Crippen LogP contribution in [0, 0.1) is 11.3 Å². The maximum atomic E-state index is 12.5. The Morgan fingerprint density at radius 3 is 2.65 bits per heavy atom. The predicted molar refractivity (Wildman–Crippen MR) is 75.9 cm³/mol. The second kappa shape index (κ2) is 4.78. The molecule has 0 saturated heterocycles. The molecule has 6 heteroatoms. The van der Waals surface area contributed by atoms with Crippen LogP contribution in [-0.4, -0.2) is 10.9 Å². The van der Waals surface area contributed by atoms with Crippen LogP contribution >= 0.6 is 23.2 Å². The molecule has 0 fully saturated rings. The Morgan fingerprint density at radius 1 is 1.25 bits per heavy atom. The minimum Gasteiger partial charge on any atom is -0.286 e. The number of amides is 1.